The molecule has 0 saturated heterocycles. The number of carbonyl (C=O) groups excluding carboxylic acids is 2. The van der Waals surface area contributed by atoms with Crippen molar-refractivity contribution < 1.29 is 19.1 Å². The van der Waals surface area contributed by atoms with Crippen molar-refractivity contribution in [1.82, 2.24) is 0 Å². The lowest BCUT2D eigenvalue weighted by Gasteiger charge is -2.58. The molecule has 4 nitrogen and oxygen atoms in total. The lowest BCUT2D eigenvalue weighted by molar-refractivity contribution is -0.131. The minimum Gasteiger partial charge on any atom is -0.489 e. The normalized spacial score (nSPS) is 34.9. The van der Waals surface area contributed by atoms with Crippen LogP contribution in [0.3, 0.4) is 0 Å². The quantitative estimate of drug-likeness (QED) is 0.379. The lowest BCUT2D eigenvalue weighted by Crippen LogP contribution is -2.52. The van der Waals surface area contributed by atoms with Crippen LogP contribution in [-0.2, 0) is 16.2 Å². The molecule has 4 heteroatoms. The Labute approximate surface area is 232 Å². The number of allylic oxidation sites excluding steroid dienone is 4. The Bertz CT molecular complexity index is 1290. The largest absolute Gasteiger partial charge is 0.489 e. The highest BCUT2D eigenvalue weighted by Gasteiger charge is 2.60. The van der Waals surface area contributed by atoms with Gasteiger partial charge >= 0.3 is 0 Å². The first kappa shape index (κ1) is 26.1. The molecule has 204 valence electrons. The number of hydrogen-bond donors (Lipinski definition) is 0. The molecule has 0 amide bonds. The Morgan fingerprint density at radius 3 is 2.38 bits per heavy atom. The fraction of sp³-hybridized carbons (Fsp3) is 0.486. The van der Waals surface area contributed by atoms with Gasteiger partial charge in [0.15, 0.2) is 11.6 Å². The fourth-order valence-electron chi connectivity index (χ4n) is 8.77. The molecular formula is C35H40O4. The van der Waals surface area contributed by atoms with Crippen LogP contribution in [0.5, 0.6) is 11.5 Å². The Morgan fingerprint density at radius 2 is 1.64 bits per heavy atom. The Balaban J connectivity index is 1.08. The van der Waals surface area contributed by atoms with Crippen molar-refractivity contribution in [2.24, 2.45) is 40.4 Å². The van der Waals surface area contributed by atoms with Gasteiger partial charge in [0.25, 0.3) is 0 Å². The van der Waals surface area contributed by atoms with Gasteiger partial charge in [-0.15, -0.1) is 0 Å². The van der Waals surface area contributed by atoms with Crippen LogP contribution in [0.2, 0.25) is 0 Å². The van der Waals surface area contributed by atoms with E-state index in [-0.39, 0.29) is 34.9 Å². The van der Waals surface area contributed by atoms with Gasteiger partial charge in [0.05, 0.1) is 0 Å². The molecule has 2 aromatic carbocycles. The third-order valence-corrected chi connectivity index (χ3v) is 10.7. The van der Waals surface area contributed by atoms with Crippen LogP contribution in [0.4, 0.5) is 0 Å². The van der Waals surface area contributed by atoms with Gasteiger partial charge in [0.1, 0.15) is 24.7 Å². The van der Waals surface area contributed by atoms with E-state index in [1.807, 2.05) is 60.7 Å². The van der Waals surface area contributed by atoms with Crippen LogP contribution < -0.4 is 9.47 Å². The van der Waals surface area contributed by atoms with Crippen LogP contribution in [0.25, 0.3) is 0 Å². The summed E-state index contributed by atoms with van der Waals surface area (Å²) in [6.07, 6.45) is 11.3. The minimum atomic E-state index is -0.0280. The summed E-state index contributed by atoms with van der Waals surface area (Å²) in [7, 11) is 0. The number of carbonyl (C=O) groups is 2. The average molecular weight is 525 g/mol. The first-order valence-electron chi connectivity index (χ1n) is 14.7. The van der Waals surface area contributed by atoms with Gasteiger partial charge in [-0.3, -0.25) is 9.59 Å². The number of Topliss-reactive ketones (excluding diaryl/α,β-unsaturated/α-hetero) is 1. The highest BCUT2D eigenvalue weighted by Crippen LogP contribution is 2.66. The summed E-state index contributed by atoms with van der Waals surface area (Å²) in [5, 5.41) is 0. The molecule has 2 aromatic rings. The Kier molecular flexibility index (Phi) is 6.77. The standard InChI is InChI=1S/C35H40O4/c1-23-19-28-29-13-14-31(34(29,2)18-16-30(28)35(3)17-15-25(36)20-32(23)35)33(37)22-39-27-11-9-26(10-12-27)38-21-24-7-5-4-6-8-24/h4-12,15,17,20,23,28-31H,13-14,16,18-19,21-22H2,1-3H3/t23-,28?,29?,30?,31?,34?,35?/m0/s1. The number of rotatable bonds is 7. The number of fused-ring (bicyclic) bond motifs is 5. The maximum absolute atomic E-state index is 13.5. The molecule has 3 fully saturated rings. The summed E-state index contributed by atoms with van der Waals surface area (Å²) in [5.41, 5.74) is 2.46. The maximum atomic E-state index is 13.5. The van der Waals surface area contributed by atoms with Crippen molar-refractivity contribution in [2.45, 2.75) is 59.5 Å². The maximum Gasteiger partial charge on any atom is 0.178 e. The van der Waals surface area contributed by atoms with Crippen molar-refractivity contribution in [2.75, 3.05) is 6.61 Å². The summed E-state index contributed by atoms with van der Waals surface area (Å²) < 4.78 is 11.9. The van der Waals surface area contributed by atoms with Crippen LogP contribution in [-0.4, -0.2) is 18.2 Å². The second-order valence-corrected chi connectivity index (χ2v) is 12.8. The van der Waals surface area contributed by atoms with Crippen molar-refractivity contribution in [3.63, 3.8) is 0 Å². The fourth-order valence-corrected chi connectivity index (χ4v) is 8.77. The van der Waals surface area contributed by atoms with E-state index in [2.05, 4.69) is 26.8 Å². The van der Waals surface area contributed by atoms with E-state index in [1.54, 1.807) is 6.08 Å². The molecule has 6 rings (SSSR count). The summed E-state index contributed by atoms with van der Waals surface area (Å²) in [6, 6.07) is 17.7. The lowest BCUT2D eigenvalue weighted by atomic mass is 9.46. The Morgan fingerprint density at radius 1 is 0.923 bits per heavy atom. The highest BCUT2D eigenvalue weighted by molar-refractivity contribution is 6.01. The van der Waals surface area contributed by atoms with Crippen molar-refractivity contribution in [3.05, 3.63) is 84.0 Å². The third kappa shape index (κ3) is 4.66. The second-order valence-electron chi connectivity index (χ2n) is 12.8. The zero-order chi connectivity index (χ0) is 27.2. The van der Waals surface area contributed by atoms with Crippen LogP contribution in [0.15, 0.2) is 78.4 Å². The van der Waals surface area contributed by atoms with E-state index in [4.69, 9.17) is 9.47 Å². The van der Waals surface area contributed by atoms with Crippen LogP contribution in [0, 0.1) is 40.4 Å². The summed E-state index contributed by atoms with van der Waals surface area (Å²) >= 11 is 0. The second kappa shape index (κ2) is 10.1. The summed E-state index contributed by atoms with van der Waals surface area (Å²) in [4.78, 5) is 25.7. The molecule has 0 aliphatic heterocycles. The molecule has 6 unspecified atom stereocenters. The molecule has 0 aromatic heterocycles. The number of ether oxygens (including phenoxy) is 2. The van der Waals surface area contributed by atoms with Gasteiger partial charge in [0, 0.05) is 11.3 Å². The number of ketones is 2. The van der Waals surface area contributed by atoms with Gasteiger partial charge in [0.2, 0.25) is 0 Å². The first-order valence-corrected chi connectivity index (χ1v) is 14.7. The molecule has 0 heterocycles. The monoisotopic (exact) mass is 524 g/mol. The zero-order valence-electron chi connectivity index (χ0n) is 23.4. The molecule has 0 radical (unpaired) electrons. The first-order chi connectivity index (χ1) is 18.8. The zero-order valence-corrected chi connectivity index (χ0v) is 23.4. The van der Waals surface area contributed by atoms with E-state index >= 15 is 0 Å². The van der Waals surface area contributed by atoms with E-state index in [9.17, 15) is 9.59 Å². The predicted octanol–water partition coefficient (Wildman–Crippen LogP) is 7.38. The molecule has 0 bridgehead atoms. The number of benzene rings is 2. The third-order valence-electron chi connectivity index (χ3n) is 10.7. The molecule has 4 aliphatic carbocycles. The average Bonchev–Trinajstić information content (AvgIpc) is 3.30. The SMILES string of the molecule is C[C@H]1CC2C(CCC3(C)C(C(=O)COc4ccc(OCc5ccccc5)cc4)CCC23)C2(C)C=CC(=O)C=C12. The van der Waals surface area contributed by atoms with Crippen LogP contribution in [0.1, 0.15) is 58.4 Å². The molecule has 0 spiro atoms. The highest BCUT2D eigenvalue weighted by atomic mass is 16.5. The van der Waals surface area contributed by atoms with E-state index in [0.717, 1.165) is 43.4 Å². The topological polar surface area (TPSA) is 52.6 Å². The van der Waals surface area contributed by atoms with Gasteiger partial charge in [-0.2, -0.15) is 0 Å². The van der Waals surface area contributed by atoms with Gasteiger partial charge in [-0.1, -0.05) is 62.8 Å². The van der Waals surface area contributed by atoms with Crippen molar-refractivity contribution in [3.8, 4) is 11.5 Å². The minimum absolute atomic E-state index is 0.0280. The summed E-state index contributed by atoms with van der Waals surface area (Å²) in [6.45, 7) is 7.66. The molecular weight excluding hydrogens is 484 g/mol. The van der Waals surface area contributed by atoms with Gasteiger partial charge in [-0.25, -0.2) is 0 Å². The molecule has 3 saturated carbocycles. The van der Waals surface area contributed by atoms with E-state index in [1.165, 1.54) is 5.57 Å². The van der Waals surface area contributed by atoms with Gasteiger partial charge in [-0.05, 0) is 103 Å². The van der Waals surface area contributed by atoms with Gasteiger partial charge < -0.3 is 9.47 Å². The van der Waals surface area contributed by atoms with E-state index < -0.39 is 0 Å². The molecule has 7 atom stereocenters. The predicted molar refractivity (Wildman–Crippen MR) is 152 cm³/mol. The number of hydrogen-bond acceptors (Lipinski definition) is 4. The smallest absolute Gasteiger partial charge is 0.178 e. The van der Waals surface area contributed by atoms with Crippen molar-refractivity contribution >= 4 is 11.6 Å². The molecule has 0 N–H and O–H groups in total. The van der Waals surface area contributed by atoms with E-state index in [0.29, 0.717) is 36.0 Å². The molecule has 39 heavy (non-hydrogen) atoms. The van der Waals surface area contributed by atoms with Crippen LogP contribution >= 0.6 is 0 Å². The molecule has 4 aliphatic rings. The van der Waals surface area contributed by atoms with Crippen molar-refractivity contribution in [1.29, 1.82) is 0 Å². The summed E-state index contributed by atoms with van der Waals surface area (Å²) in [5.74, 6) is 4.02. The Hall–Kier alpha value is -3.14.